The monoisotopic (exact) mass is 408 g/mol. The van der Waals surface area contributed by atoms with Crippen molar-refractivity contribution in [2.75, 3.05) is 6.54 Å². The molecule has 3 heterocycles. The minimum absolute atomic E-state index is 0.0945. The number of carboxylic acids is 1. The maximum absolute atomic E-state index is 12.4. The van der Waals surface area contributed by atoms with Crippen LogP contribution in [0.4, 0.5) is 4.79 Å². The number of benzene rings is 1. The number of fused-ring (bicyclic) bond motifs is 4. The summed E-state index contributed by atoms with van der Waals surface area (Å²) in [5, 5.41) is 14.4. The molecule has 1 fully saturated rings. The van der Waals surface area contributed by atoms with Crippen molar-refractivity contribution >= 4 is 22.4 Å². The van der Waals surface area contributed by atoms with Gasteiger partial charge in [0.2, 0.25) is 0 Å². The summed E-state index contributed by atoms with van der Waals surface area (Å²) in [4.78, 5) is 25.1. The predicted octanol–water partition coefficient (Wildman–Crippen LogP) is 0.778. The zero-order valence-corrected chi connectivity index (χ0v) is 15.2. The van der Waals surface area contributed by atoms with Gasteiger partial charge in [-0.25, -0.2) is 9.59 Å². The quantitative estimate of drug-likeness (QED) is 0.668. The molecule has 11 nitrogen and oxygen atoms in total. The molecule has 4 rings (SSSR count). The van der Waals surface area contributed by atoms with E-state index in [0.717, 1.165) is 10.5 Å². The van der Waals surface area contributed by atoms with Crippen molar-refractivity contribution in [2.45, 2.75) is 25.0 Å². The number of rotatable bonds is 6. The summed E-state index contributed by atoms with van der Waals surface area (Å²) in [5.74, 6) is -1.30. The lowest BCUT2D eigenvalue weighted by molar-refractivity contribution is -0.142. The highest BCUT2D eigenvalue weighted by molar-refractivity contribution is 7.80. The van der Waals surface area contributed by atoms with E-state index in [4.69, 9.17) is 4.55 Å². The van der Waals surface area contributed by atoms with Crippen molar-refractivity contribution in [1.29, 1.82) is 0 Å². The third kappa shape index (κ3) is 3.21. The smallest absolute Gasteiger partial charge is 0.418 e. The Morgan fingerprint density at radius 3 is 2.64 bits per heavy atom. The minimum Gasteiger partial charge on any atom is -0.479 e. The summed E-state index contributed by atoms with van der Waals surface area (Å²) in [5.41, 5.74) is 1.58. The SMILES string of the molecule is O=C(O)[C@@H]1c2nn(CCc3ccccc3)cc2[C@H]2CN1C(=O)N2OS(=O)(=O)O. The number of aliphatic carboxylic acids is 1. The van der Waals surface area contributed by atoms with E-state index in [9.17, 15) is 23.1 Å². The molecular weight excluding hydrogens is 392 g/mol. The first kappa shape index (κ1) is 18.4. The maximum Gasteiger partial charge on any atom is 0.418 e. The van der Waals surface area contributed by atoms with Crippen LogP contribution in [0.3, 0.4) is 0 Å². The average Bonchev–Trinajstić information content (AvgIpc) is 3.16. The van der Waals surface area contributed by atoms with Crippen LogP contribution in [0.5, 0.6) is 0 Å². The first-order valence-corrected chi connectivity index (χ1v) is 9.72. The number of hydrogen-bond acceptors (Lipinski definition) is 6. The number of aryl methyl sites for hydroxylation is 2. The van der Waals surface area contributed by atoms with Crippen LogP contribution in [0, 0.1) is 0 Å². The lowest BCUT2D eigenvalue weighted by atomic mass is 9.98. The van der Waals surface area contributed by atoms with Crippen LogP contribution >= 0.6 is 0 Å². The van der Waals surface area contributed by atoms with Gasteiger partial charge in [0.25, 0.3) is 0 Å². The van der Waals surface area contributed by atoms with Crippen molar-refractivity contribution in [3.05, 3.63) is 53.3 Å². The van der Waals surface area contributed by atoms with E-state index in [2.05, 4.69) is 9.38 Å². The molecule has 2 aliphatic heterocycles. The second kappa shape index (κ2) is 6.58. The number of hydroxylamine groups is 2. The molecular formula is C16H16N4O7S. The third-order valence-corrected chi connectivity index (χ3v) is 5.07. The highest BCUT2D eigenvalue weighted by atomic mass is 32.3. The Hall–Kier alpha value is -2.96. The van der Waals surface area contributed by atoms with Gasteiger partial charge in [-0.3, -0.25) is 9.23 Å². The van der Waals surface area contributed by atoms with Crippen LogP contribution in [0.1, 0.15) is 28.9 Å². The van der Waals surface area contributed by atoms with Crippen LogP contribution in [-0.2, 0) is 32.4 Å². The second-order valence-electron chi connectivity index (χ2n) is 6.49. The average molecular weight is 408 g/mol. The predicted molar refractivity (Wildman–Crippen MR) is 92.1 cm³/mol. The van der Waals surface area contributed by atoms with Crippen LogP contribution in [-0.4, -0.2) is 56.4 Å². The fourth-order valence-electron chi connectivity index (χ4n) is 3.55. The van der Waals surface area contributed by atoms with Crippen LogP contribution in [0.25, 0.3) is 0 Å². The van der Waals surface area contributed by atoms with Crippen molar-refractivity contribution in [3.8, 4) is 0 Å². The van der Waals surface area contributed by atoms with Gasteiger partial charge in [-0.15, -0.1) is 4.28 Å². The van der Waals surface area contributed by atoms with E-state index < -0.39 is 34.5 Å². The summed E-state index contributed by atoms with van der Waals surface area (Å²) in [6, 6.07) is 6.40. The lowest BCUT2D eigenvalue weighted by Gasteiger charge is -2.26. The van der Waals surface area contributed by atoms with Crippen molar-refractivity contribution in [1.82, 2.24) is 19.7 Å². The van der Waals surface area contributed by atoms with Gasteiger partial charge in [-0.1, -0.05) is 30.3 Å². The first-order valence-electron chi connectivity index (χ1n) is 8.35. The molecule has 2 N–H and O–H groups in total. The summed E-state index contributed by atoms with van der Waals surface area (Å²) in [6.07, 6.45) is 2.23. The maximum atomic E-state index is 12.4. The van der Waals surface area contributed by atoms with Gasteiger partial charge in [-0.2, -0.15) is 18.6 Å². The van der Waals surface area contributed by atoms with Crippen LogP contribution < -0.4 is 0 Å². The van der Waals surface area contributed by atoms with E-state index in [1.807, 2.05) is 30.3 Å². The second-order valence-corrected chi connectivity index (χ2v) is 7.49. The highest BCUT2D eigenvalue weighted by Gasteiger charge is 2.53. The number of nitrogens with zero attached hydrogens (tertiary/aromatic N) is 4. The van der Waals surface area contributed by atoms with Crippen LogP contribution in [0.2, 0.25) is 0 Å². The minimum atomic E-state index is -4.96. The number of carbonyl (C=O) groups is 2. The number of carbonyl (C=O) groups excluding carboxylic acids is 1. The molecule has 1 aromatic carbocycles. The van der Waals surface area contributed by atoms with Crippen molar-refractivity contribution in [3.63, 3.8) is 0 Å². The number of urea groups is 1. The molecule has 2 atom stereocenters. The van der Waals surface area contributed by atoms with E-state index >= 15 is 0 Å². The molecule has 2 aliphatic rings. The summed E-state index contributed by atoms with van der Waals surface area (Å²) in [6.45, 7) is 0.367. The Labute approximate surface area is 159 Å². The van der Waals surface area contributed by atoms with Gasteiger partial charge >= 0.3 is 22.4 Å². The van der Waals surface area contributed by atoms with E-state index in [0.29, 0.717) is 23.6 Å². The Kier molecular flexibility index (Phi) is 4.33. The molecule has 0 saturated carbocycles. The Bertz CT molecular complexity index is 1040. The van der Waals surface area contributed by atoms with Gasteiger partial charge in [-0.05, 0) is 12.0 Å². The first-order chi connectivity index (χ1) is 13.2. The molecule has 0 radical (unpaired) electrons. The van der Waals surface area contributed by atoms with Gasteiger partial charge in [0, 0.05) is 18.3 Å². The zero-order valence-electron chi connectivity index (χ0n) is 14.4. The molecule has 0 spiro atoms. The van der Waals surface area contributed by atoms with Crippen LogP contribution in [0.15, 0.2) is 36.5 Å². The Morgan fingerprint density at radius 1 is 1.29 bits per heavy atom. The molecule has 0 unspecified atom stereocenters. The molecule has 1 aromatic heterocycles. The third-order valence-electron chi connectivity index (χ3n) is 4.72. The number of hydrogen-bond donors (Lipinski definition) is 2. The molecule has 1 saturated heterocycles. The summed E-state index contributed by atoms with van der Waals surface area (Å²) in [7, 11) is -4.96. The molecule has 0 aliphatic carbocycles. The Morgan fingerprint density at radius 2 is 2.00 bits per heavy atom. The van der Waals surface area contributed by atoms with Crippen molar-refractivity contribution < 1.29 is 31.9 Å². The molecule has 2 aromatic rings. The van der Waals surface area contributed by atoms with Crippen molar-refractivity contribution in [2.24, 2.45) is 0 Å². The normalized spacial score (nSPS) is 21.1. The van der Waals surface area contributed by atoms with Gasteiger partial charge in [0.1, 0.15) is 11.7 Å². The number of aromatic nitrogens is 2. The Balaban J connectivity index is 1.66. The lowest BCUT2D eigenvalue weighted by Crippen LogP contribution is -2.38. The number of amides is 2. The fourth-order valence-corrected chi connectivity index (χ4v) is 3.92. The molecule has 2 bridgehead atoms. The van der Waals surface area contributed by atoms with Gasteiger partial charge in [0.05, 0.1) is 6.54 Å². The summed E-state index contributed by atoms with van der Waals surface area (Å²) >= 11 is 0. The molecule has 28 heavy (non-hydrogen) atoms. The molecule has 2 amide bonds. The number of carboxylic acid groups (broad SMARTS) is 1. The fraction of sp³-hybridized carbons (Fsp3) is 0.312. The largest absolute Gasteiger partial charge is 0.479 e. The standard InChI is InChI=1S/C16H16N4O7S/c21-15(22)14-13-11(8-18(17-13)7-6-10-4-2-1-3-5-10)12-9-19(14)16(23)20(12)27-28(24,25)26/h1-5,8,12,14H,6-7,9H2,(H,21,22)(H,24,25,26)/t12-,14+/m1/s1. The van der Waals surface area contributed by atoms with E-state index in [1.165, 1.54) is 0 Å². The zero-order chi connectivity index (χ0) is 20.1. The van der Waals surface area contributed by atoms with E-state index in [-0.39, 0.29) is 12.2 Å². The topological polar surface area (TPSA) is 142 Å². The van der Waals surface area contributed by atoms with Gasteiger partial charge < -0.3 is 10.0 Å². The summed E-state index contributed by atoms with van der Waals surface area (Å²) < 4.78 is 37.1. The van der Waals surface area contributed by atoms with E-state index in [1.54, 1.807) is 10.9 Å². The molecule has 12 heteroatoms. The molecule has 148 valence electrons. The highest BCUT2D eigenvalue weighted by Crippen LogP contribution is 2.43. The van der Waals surface area contributed by atoms with Gasteiger partial charge in [0.15, 0.2) is 6.04 Å².